The van der Waals surface area contributed by atoms with Gasteiger partial charge in [0.1, 0.15) is 11.6 Å². The number of urea groups is 1. The van der Waals surface area contributed by atoms with Crippen molar-refractivity contribution in [3.63, 3.8) is 0 Å². The van der Waals surface area contributed by atoms with Crippen molar-refractivity contribution >= 4 is 33.3 Å². The van der Waals surface area contributed by atoms with Crippen molar-refractivity contribution in [3.8, 4) is 0 Å². The van der Waals surface area contributed by atoms with Gasteiger partial charge in [-0.25, -0.2) is 13.6 Å². The van der Waals surface area contributed by atoms with Crippen LogP contribution in [0.2, 0.25) is 0 Å². The largest absolute Gasteiger partial charge is 0.323 e. The summed E-state index contributed by atoms with van der Waals surface area (Å²) in [5, 5.41) is 4.60. The highest BCUT2D eigenvalue weighted by Crippen LogP contribution is 2.20. The van der Waals surface area contributed by atoms with Crippen LogP contribution in [0, 0.1) is 11.6 Å². The van der Waals surface area contributed by atoms with E-state index >= 15 is 0 Å². The Labute approximate surface area is 116 Å². The Morgan fingerprint density at radius 1 is 0.947 bits per heavy atom. The highest BCUT2D eigenvalue weighted by atomic mass is 79.9. The molecule has 0 aliphatic carbocycles. The summed E-state index contributed by atoms with van der Waals surface area (Å²) in [6.07, 6.45) is 0. The van der Waals surface area contributed by atoms with Crippen molar-refractivity contribution in [2.45, 2.75) is 0 Å². The van der Waals surface area contributed by atoms with E-state index in [1.54, 1.807) is 12.1 Å². The molecule has 0 radical (unpaired) electrons. The smallest absolute Gasteiger partial charge is 0.305 e. The SMILES string of the molecule is O=C(Nc1ccccc1F)Nc1ccc(Br)cc1F. The maximum absolute atomic E-state index is 13.5. The Morgan fingerprint density at radius 2 is 1.58 bits per heavy atom. The lowest BCUT2D eigenvalue weighted by Crippen LogP contribution is -2.20. The molecule has 0 heterocycles. The first kappa shape index (κ1) is 13.5. The number of anilines is 2. The number of para-hydroxylation sites is 1. The quantitative estimate of drug-likeness (QED) is 0.845. The van der Waals surface area contributed by atoms with Gasteiger partial charge < -0.3 is 10.6 Å². The average molecular weight is 327 g/mol. The number of benzene rings is 2. The molecule has 98 valence electrons. The Kier molecular flexibility index (Phi) is 4.11. The molecule has 0 saturated heterocycles. The molecule has 0 unspecified atom stereocenters. The summed E-state index contributed by atoms with van der Waals surface area (Å²) in [6, 6.07) is 9.21. The molecule has 0 atom stereocenters. The van der Waals surface area contributed by atoms with Gasteiger partial charge in [0, 0.05) is 4.47 Å². The van der Waals surface area contributed by atoms with Crippen LogP contribution < -0.4 is 10.6 Å². The van der Waals surface area contributed by atoms with Crippen LogP contribution in [0.4, 0.5) is 25.0 Å². The van der Waals surface area contributed by atoms with Gasteiger partial charge in [0.05, 0.1) is 11.4 Å². The number of rotatable bonds is 2. The summed E-state index contributed by atoms with van der Waals surface area (Å²) < 4.78 is 27.3. The van der Waals surface area contributed by atoms with E-state index in [1.165, 1.54) is 30.3 Å². The van der Waals surface area contributed by atoms with Crippen molar-refractivity contribution in [1.82, 2.24) is 0 Å². The molecule has 19 heavy (non-hydrogen) atoms. The van der Waals surface area contributed by atoms with E-state index in [0.717, 1.165) is 0 Å². The lowest BCUT2D eigenvalue weighted by atomic mass is 10.3. The molecule has 2 rings (SSSR count). The topological polar surface area (TPSA) is 41.1 Å². The van der Waals surface area contributed by atoms with Gasteiger partial charge in [-0.3, -0.25) is 0 Å². The molecule has 3 nitrogen and oxygen atoms in total. The van der Waals surface area contributed by atoms with Crippen molar-refractivity contribution in [3.05, 3.63) is 58.6 Å². The Balaban J connectivity index is 2.08. The predicted molar refractivity (Wildman–Crippen MR) is 73.1 cm³/mol. The van der Waals surface area contributed by atoms with Crippen LogP contribution in [0.1, 0.15) is 0 Å². The van der Waals surface area contributed by atoms with Gasteiger partial charge in [-0.05, 0) is 30.3 Å². The van der Waals surface area contributed by atoms with E-state index < -0.39 is 17.7 Å². The molecule has 0 spiro atoms. The third-order valence-electron chi connectivity index (χ3n) is 2.30. The predicted octanol–water partition coefficient (Wildman–Crippen LogP) is 4.37. The number of amides is 2. The highest BCUT2D eigenvalue weighted by Gasteiger charge is 2.09. The number of halogens is 3. The van der Waals surface area contributed by atoms with Crippen molar-refractivity contribution in [1.29, 1.82) is 0 Å². The van der Waals surface area contributed by atoms with Crippen molar-refractivity contribution < 1.29 is 13.6 Å². The third kappa shape index (κ3) is 3.51. The minimum atomic E-state index is -0.716. The fourth-order valence-electron chi connectivity index (χ4n) is 1.43. The van der Waals surface area contributed by atoms with E-state index in [0.29, 0.717) is 4.47 Å². The second-order valence-electron chi connectivity index (χ2n) is 3.68. The van der Waals surface area contributed by atoms with Gasteiger partial charge in [0.2, 0.25) is 0 Å². The highest BCUT2D eigenvalue weighted by molar-refractivity contribution is 9.10. The molecule has 2 N–H and O–H groups in total. The number of hydrogen-bond donors (Lipinski definition) is 2. The van der Waals surface area contributed by atoms with Gasteiger partial charge in [-0.2, -0.15) is 0 Å². The normalized spacial score (nSPS) is 10.1. The zero-order valence-corrected chi connectivity index (χ0v) is 11.2. The first-order valence-corrected chi connectivity index (χ1v) is 6.13. The molecule has 0 fully saturated rings. The number of carbonyl (C=O) groups is 1. The molecule has 2 aromatic carbocycles. The zero-order chi connectivity index (χ0) is 13.8. The second kappa shape index (κ2) is 5.79. The van der Waals surface area contributed by atoms with Crippen molar-refractivity contribution in [2.75, 3.05) is 10.6 Å². The van der Waals surface area contributed by atoms with Gasteiger partial charge in [-0.1, -0.05) is 28.1 Å². The van der Waals surface area contributed by atoms with Crippen LogP contribution in [-0.4, -0.2) is 6.03 Å². The van der Waals surface area contributed by atoms with Crippen molar-refractivity contribution in [2.24, 2.45) is 0 Å². The van der Waals surface area contributed by atoms with Gasteiger partial charge in [0.15, 0.2) is 0 Å². The van der Waals surface area contributed by atoms with Crippen LogP contribution in [0.15, 0.2) is 46.9 Å². The lowest BCUT2D eigenvalue weighted by Gasteiger charge is -2.09. The van der Waals surface area contributed by atoms with Crippen LogP contribution in [-0.2, 0) is 0 Å². The van der Waals surface area contributed by atoms with Crippen LogP contribution >= 0.6 is 15.9 Å². The Bertz CT molecular complexity index is 619. The van der Waals surface area contributed by atoms with Crippen LogP contribution in [0.5, 0.6) is 0 Å². The van der Waals surface area contributed by atoms with Gasteiger partial charge in [-0.15, -0.1) is 0 Å². The summed E-state index contributed by atoms with van der Waals surface area (Å²) in [6.45, 7) is 0. The fraction of sp³-hybridized carbons (Fsp3) is 0. The maximum atomic E-state index is 13.5. The van der Waals surface area contributed by atoms with E-state index in [2.05, 4.69) is 26.6 Å². The summed E-state index contributed by atoms with van der Waals surface area (Å²) in [5.41, 5.74) is 0.0366. The van der Waals surface area contributed by atoms with Crippen LogP contribution in [0.3, 0.4) is 0 Å². The van der Waals surface area contributed by atoms with E-state index in [1.807, 2.05) is 0 Å². The molecule has 0 aliphatic heterocycles. The van der Waals surface area contributed by atoms with Gasteiger partial charge in [0.25, 0.3) is 0 Å². The lowest BCUT2D eigenvalue weighted by molar-refractivity contribution is 0.262. The van der Waals surface area contributed by atoms with E-state index in [4.69, 9.17) is 0 Å². The molecule has 0 saturated carbocycles. The summed E-state index contributed by atoms with van der Waals surface area (Å²) in [5.74, 6) is -1.15. The number of nitrogens with one attached hydrogen (secondary N) is 2. The first-order valence-electron chi connectivity index (χ1n) is 5.34. The second-order valence-corrected chi connectivity index (χ2v) is 4.60. The molecule has 6 heteroatoms. The first-order chi connectivity index (χ1) is 9.06. The standard InChI is InChI=1S/C13H9BrF2N2O/c14-8-5-6-12(10(16)7-8)18-13(19)17-11-4-2-1-3-9(11)15/h1-7H,(H2,17,18,19). The minimum Gasteiger partial charge on any atom is -0.305 e. The zero-order valence-electron chi connectivity index (χ0n) is 9.58. The molecular formula is C13H9BrF2N2O. The summed E-state index contributed by atoms with van der Waals surface area (Å²) in [4.78, 5) is 11.6. The van der Waals surface area contributed by atoms with E-state index in [-0.39, 0.29) is 11.4 Å². The minimum absolute atomic E-state index is 0.0111. The molecule has 2 amide bonds. The molecule has 0 aliphatic rings. The monoisotopic (exact) mass is 326 g/mol. The Hall–Kier alpha value is -1.95. The molecule has 0 bridgehead atoms. The van der Waals surface area contributed by atoms with Crippen LogP contribution in [0.25, 0.3) is 0 Å². The van der Waals surface area contributed by atoms with Gasteiger partial charge >= 0.3 is 6.03 Å². The van der Waals surface area contributed by atoms with E-state index in [9.17, 15) is 13.6 Å². The molecular weight excluding hydrogens is 318 g/mol. The molecule has 0 aromatic heterocycles. The summed E-state index contributed by atoms with van der Waals surface area (Å²) >= 11 is 3.11. The third-order valence-corrected chi connectivity index (χ3v) is 2.79. The average Bonchev–Trinajstić information content (AvgIpc) is 2.36. The fourth-order valence-corrected chi connectivity index (χ4v) is 1.76. The molecule has 2 aromatic rings. The number of hydrogen-bond acceptors (Lipinski definition) is 1. The summed E-state index contributed by atoms with van der Waals surface area (Å²) in [7, 11) is 0. The number of carbonyl (C=O) groups excluding carboxylic acids is 1. The Morgan fingerprint density at radius 3 is 2.21 bits per heavy atom. The maximum Gasteiger partial charge on any atom is 0.323 e.